The third-order valence-electron chi connectivity index (χ3n) is 0.160. The lowest BCUT2D eigenvalue weighted by Gasteiger charge is -1.76. The van der Waals surface area contributed by atoms with E-state index in [2.05, 4.69) is 20.8 Å². The van der Waals surface area contributed by atoms with Crippen molar-refractivity contribution in [2.45, 2.75) is 0 Å². The van der Waals surface area contributed by atoms with E-state index < -0.39 is 0 Å². The maximum Gasteiger partial charge on any atom is 0.0951 e. The Kier molecular flexibility index (Phi) is 4.75. The van der Waals surface area contributed by atoms with Gasteiger partial charge in [-0.15, -0.1) is 0 Å². The lowest BCUT2D eigenvalue weighted by molar-refractivity contribution is -0.298. The molecule has 0 unspecified atom stereocenters. The molecule has 0 atom stereocenters. The van der Waals surface area contributed by atoms with E-state index in [1.165, 1.54) is 0 Å². The molecule has 0 aromatic heterocycles. The number of hydrogen-bond acceptors (Lipinski definition) is 1. The van der Waals surface area contributed by atoms with E-state index in [0.29, 0.717) is 5.33 Å². The van der Waals surface area contributed by atoms with Crippen LogP contribution < -0.4 is 0 Å². The predicted octanol–water partition coefficient (Wildman–Crippen LogP) is 0.743. The van der Waals surface area contributed by atoms with Crippen LogP contribution in [0.4, 0.5) is 0 Å². The van der Waals surface area contributed by atoms with Gasteiger partial charge in [-0.25, -0.2) is 4.89 Å². The van der Waals surface area contributed by atoms with E-state index in [1.807, 2.05) is 0 Å². The Bertz CT molecular complexity index is 15.1. The average molecular weight is 140 g/mol. The Labute approximate surface area is 38.8 Å². The summed E-state index contributed by atoms with van der Waals surface area (Å²) in [5.41, 5.74) is 0. The summed E-state index contributed by atoms with van der Waals surface area (Å²) in [5.74, 6) is 0. The molecule has 31 valence electrons. The van der Waals surface area contributed by atoms with Gasteiger partial charge in [0.2, 0.25) is 0 Å². The van der Waals surface area contributed by atoms with Crippen molar-refractivity contribution in [3.8, 4) is 0 Å². The first-order chi connectivity index (χ1) is 2.41. The highest BCUT2D eigenvalue weighted by molar-refractivity contribution is 9.09. The molecule has 0 fully saturated rings. The standard InChI is InChI=1S/C2H4BrO2/c3-1-2-5-4/h1-2H2. The monoisotopic (exact) mass is 139 g/mol. The zero-order chi connectivity index (χ0) is 4.12. The van der Waals surface area contributed by atoms with Crippen molar-refractivity contribution >= 4 is 15.9 Å². The summed E-state index contributed by atoms with van der Waals surface area (Å²) in [6, 6.07) is 0. The van der Waals surface area contributed by atoms with E-state index in [9.17, 15) is 0 Å². The third-order valence-corrected chi connectivity index (χ3v) is 0.484. The fraction of sp³-hybridized carbons (Fsp3) is 1.00. The number of rotatable bonds is 2. The summed E-state index contributed by atoms with van der Waals surface area (Å²) < 4.78 is 0. The Balaban J connectivity index is 2.19. The van der Waals surface area contributed by atoms with Crippen LogP contribution in [-0.4, -0.2) is 11.9 Å². The van der Waals surface area contributed by atoms with Crippen LogP contribution in [0.3, 0.4) is 0 Å². The molecule has 0 aliphatic heterocycles. The normalized spacial score (nSPS) is 8.40. The van der Waals surface area contributed by atoms with Gasteiger partial charge in [-0.05, 0) is 5.26 Å². The van der Waals surface area contributed by atoms with Crippen molar-refractivity contribution in [3.63, 3.8) is 0 Å². The van der Waals surface area contributed by atoms with Gasteiger partial charge in [-0.1, -0.05) is 15.9 Å². The largest absolute Gasteiger partial charge is 0.203 e. The summed E-state index contributed by atoms with van der Waals surface area (Å²) in [4.78, 5) is 3.39. The van der Waals surface area contributed by atoms with Gasteiger partial charge < -0.3 is 0 Å². The maximum atomic E-state index is 9.00. The van der Waals surface area contributed by atoms with Crippen molar-refractivity contribution < 1.29 is 10.1 Å². The minimum atomic E-state index is 0.250. The highest BCUT2D eigenvalue weighted by atomic mass is 79.9. The molecule has 0 saturated heterocycles. The van der Waals surface area contributed by atoms with Crippen LogP contribution in [0.1, 0.15) is 0 Å². The number of hydrogen-bond donors (Lipinski definition) is 0. The third kappa shape index (κ3) is 4.40. The zero-order valence-electron chi connectivity index (χ0n) is 2.61. The van der Waals surface area contributed by atoms with Gasteiger partial charge in [0, 0.05) is 5.33 Å². The van der Waals surface area contributed by atoms with Gasteiger partial charge in [-0.2, -0.15) is 0 Å². The van der Waals surface area contributed by atoms with Crippen LogP contribution in [0.2, 0.25) is 0 Å². The Morgan fingerprint density at radius 2 is 2.40 bits per heavy atom. The second kappa shape index (κ2) is 4.40. The first-order valence-electron chi connectivity index (χ1n) is 1.22. The van der Waals surface area contributed by atoms with Gasteiger partial charge in [0.1, 0.15) is 0 Å². The van der Waals surface area contributed by atoms with E-state index >= 15 is 0 Å². The van der Waals surface area contributed by atoms with Crippen LogP contribution in [-0.2, 0) is 10.1 Å². The molecular weight excluding hydrogens is 136 g/mol. The summed E-state index contributed by atoms with van der Waals surface area (Å²) in [7, 11) is 0. The molecule has 0 aliphatic carbocycles. The average Bonchev–Trinajstić information content (AvgIpc) is 1.41. The topological polar surface area (TPSA) is 29.1 Å². The Morgan fingerprint density at radius 1 is 1.80 bits per heavy atom. The molecule has 0 N–H and O–H groups in total. The van der Waals surface area contributed by atoms with E-state index in [4.69, 9.17) is 5.26 Å². The van der Waals surface area contributed by atoms with Crippen molar-refractivity contribution in [2.24, 2.45) is 0 Å². The van der Waals surface area contributed by atoms with E-state index in [0.717, 1.165) is 0 Å². The minimum Gasteiger partial charge on any atom is -0.203 e. The van der Waals surface area contributed by atoms with E-state index in [1.54, 1.807) is 0 Å². The predicted molar refractivity (Wildman–Crippen MR) is 20.4 cm³/mol. The fourth-order valence-electron chi connectivity index (χ4n) is 0.0315. The molecule has 0 aromatic carbocycles. The fourth-order valence-corrected chi connectivity index (χ4v) is 0.164. The van der Waals surface area contributed by atoms with Gasteiger partial charge >= 0.3 is 0 Å². The van der Waals surface area contributed by atoms with Crippen LogP contribution in [0.25, 0.3) is 0 Å². The summed E-state index contributed by atoms with van der Waals surface area (Å²) in [6.07, 6.45) is 0. The molecule has 0 aliphatic rings. The van der Waals surface area contributed by atoms with Crippen molar-refractivity contribution in [2.75, 3.05) is 11.9 Å². The first-order valence-corrected chi connectivity index (χ1v) is 2.34. The van der Waals surface area contributed by atoms with Crippen molar-refractivity contribution in [1.29, 1.82) is 0 Å². The van der Waals surface area contributed by atoms with Gasteiger partial charge in [0.05, 0.1) is 6.61 Å². The number of halogens is 1. The van der Waals surface area contributed by atoms with Gasteiger partial charge in [-0.3, -0.25) is 0 Å². The van der Waals surface area contributed by atoms with Crippen LogP contribution in [0.15, 0.2) is 0 Å². The Hall–Kier alpha value is 0.400. The molecule has 0 saturated carbocycles. The smallest absolute Gasteiger partial charge is 0.0951 e. The number of alkyl halides is 1. The lowest BCUT2D eigenvalue weighted by atomic mass is 10.9. The SMILES string of the molecule is [O]OCCBr. The molecule has 2 nitrogen and oxygen atoms in total. The second-order valence-electron chi connectivity index (χ2n) is 0.511. The molecule has 0 bridgehead atoms. The van der Waals surface area contributed by atoms with Crippen LogP contribution in [0.5, 0.6) is 0 Å². The molecule has 0 spiro atoms. The highest BCUT2D eigenvalue weighted by Gasteiger charge is 1.72. The summed E-state index contributed by atoms with van der Waals surface area (Å²) in [6.45, 7) is 0.250. The van der Waals surface area contributed by atoms with Crippen molar-refractivity contribution in [3.05, 3.63) is 0 Å². The first kappa shape index (κ1) is 5.40. The van der Waals surface area contributed by atoms with Crippen molar-refractivity contribution in [1.82, 2.24) is 0 Å². The quantitative estimate of drug-likeness (QED) is 0.316. The summed E-state index contributed by atoms with van der Waals surface area (Å²) >= 11 is 2.98. The molecule has 0 aromatic rings. The zero-order valence-corrected chi connectivity index (χ0v) is 4.19. The lowest BCUT2D eigenvalue weighted by Crippen LogP contribution is -1.84. The van der Waals surface area contributed by atoms with Gasteiger partial charge in [0.25, 0.3) is 0 Å². The van der Waals surface area contributed by atoms with Crippen LogP contribution >= 0.6 is 15.9 Å². The molecule has 5 heavy (non-hydrogen) atoms. The minimum absolute atomic E-state index is 0.250. The maximum absolute atomic E-state index is 9.00. The Morgan fingerprint density at radius 3 is 2.40 bits per heavy atom. The summed E-state index contributed by atoms with van der Waals surface area (Å²) in [5, 5.41) is 9.62. The molecule has 0 heterocycles. The molecule has 3 heteroatoms. The van der Waals surface area contributed by atoms with Gasteiger partial charge in [0.15, 0.2) is 0 Å². The second-order valence-corrected chi connectivity index (χ2v) is 1.30. The highest BCUT2D eigenvalue weighted by Crippen LogP contribution is 1.75. The van der Waals surface area contributed by atoms with E-state index in [-0.39, 0.29) is 6.61 Å². The molecular formula is C2H4BrO2. The molecule has 0 rings (SSSR count). The molecule has 1 radical (unpaired) electrons. The molecule has 0 amide bonds. The van der Waals surface area contributed by atoms with Crippen LogP contribution in [0, 0.1) is 0 Å².